The van der Waals surface area contributed by atoms with Crippen LogP contribution < -0.4 is 10.2 Å². The number of halogens is 1. The molecule has 0 bridgehead atoms. The molecule has 0 atom stereocenters. The lowest BCUT2D eigenvalue weighted by molar-refractivity contribution is 0.371. The molecule has 1 aliphatic heterocycles. The van der Waals surface area contributed by atoms with Crippen LogP contribution in [0.5, 0.6) is 0 Å². The Labute approximate surface area is 192 Å². The lowest BCUT2D eigenvalue weighted by Crippen LogP contribution is -2.52. The molecule has 1 aromatic heterocycles. The van der Waals surface area contributed by atoms with Crippen LogP contribution in [-0.4, -0.2) is 60.4 Å². The molecule has 7 heteroatoms. The first-order valence-electron chi connectivity index (χ1n) is 10.3. The van der Waals surface area contributed by atoms with E-state index in [-0.39, 0.29) is 24.0 Å². The predicted octanol–water partition coefficient (Wildman–Crippen LogP) is 3.52. The van der Waals surface area contributed by atoms with Gasteiger partial charge in [-0.3, -0.25) is 9.67 Å². The zero-order valence-corrected chi connectivity index (χ0v) is 20.7. The number of hydrogen-bond donors (Lipinski definition) is 1. The summed E-state index contributed by atoms with van der Waals surface area (Å²) >= 11 is 0. The number of benzene rings is 1. The van der Waals surface area contributed by atoms with Gasteiger partial charge >= 0.3 is 0 Å². The summed E-state index contributed by atoms with van der Waals surface area (Å²) in [5.41, 5.74) is 6.43. The average Bonchev–Trinajstić information content (AvgIpc) is 3.01. The van der Waals surface area contributed by atoms with Crippen molar-refractivity contribution in [3.8, 4) is 0 Å². The number of aromatic nitrogens is 2. The van der Waals surface area contributed by atoms with Crippen LogP contribution in [0.1, 0.15) is 28.9 Å². The van der Waals surface area contributed by atoms with Crippen LogP contribution in [0.25, 0.3) is 0 Å². The van der Waals surface area contributed by atoms with Gasteiger partial charge in [0.15, 0.2) is 5.96 Å². The zero-order valence-electron chi connectivity index (χ0n) is 18.4. The molecule has 1 fully saturated rings. The lowest BCUT2D eigenvalue weighted by atomic mass is 10.1. The second kappa shape index (κ2) is 10.8. The van der Waals surface area contributed by atoms with Crippen molar-refractivity contribution < 1.29 is 0 Å². The van der Waals surface area contributed by atoms with E-state index in [1.165, 1.54) is 22.5 Å². The summed E-state index contributed by atoms with van der Waals surface area (Å²) in [6, 6.07) is 8.71. The highest BCUT2D eigenvalue weighted by Gasteiger charge is 2.20. The minimum absolute atomic E-state index is 0. The van der Waals surface area contributed by atoms with Crippen LogP contribution in [0, 0.1) is 27.7 Å². The van der Waals surface area contributed by atoms with Crippen molar-refractivity contribution in [1.29, 1.82) is 0 Å². The summed E-state index contributed by atoms with van der Waals surface area (Å²) in [6.07, 6.45) is 1.03. The molecule has 1 N–H and O–H groups in total. The van der Waals surface area contributed by atoms with Gasteiger partial charge in [-0.05, 0) is 57.4 Å². The van der Waals surface area contributed by atoms with Gasteiger partial charge in [0.2, 0.25) is 0 Å². The fourth-order valence-electron chi connectivity index (χ4n) is 3.90. The summed E-state index contributed by atoms with van der Waals surface area (Å²) in [4.78, 5) is 9.36. The summed E-state index contributed by atoms with van der Waals surface area (Å²) < 4.78 is 2.09. The number of guanidine groups is 1. The van der Waals surface area contributed by atoms with Crippen molar-refractivity contribution in [2.24, 2.45) is 4.99 Å². The Balaban J connectivity index is 0.00000300. The molecule has 3 rings (SSSR count). The van der Waals surface area contributed by atoms with E-state index >= 15 is 0 Å². The Morgan fingerprint density at radius 1 is 1.10 bits per heavy atom. The van der Waals surface area contributed by atoms with Gasteiger partial charge in [-0.2, -0.15) is 5.10 Å². The van der Waals surface area contributed by atoms with Crippen LogP contribution in [0.3, 0.4) is 0 Å². The SMILES string of the molecule is CN=C(NCCCn1nc(C)cc1C)N1CCN(c2cccc(C)c2C)CC1.I. The third kappa shape index (κ3) is 5.87. The molecule has 2 aromatic rings. The first-order valence-corrected chi connectivity index (χ1v) is 10.3. The third-order valence-corrected chi connectivity index (χ3v) is 5.64. The van der Waals surface area contributed by atoms with Gasteiger partial charge in [-0.15, -0.1) is 24.0 Å². The van der Waals surface area contributed by atoms with Crippen molar-refractivity contribution in [2.45, 2.75) is 40.7 Å². The Morgan fingerprint density at radius 3 is 2.45 bits per heavy atom. The first-order chi connectivity index (χ1) is 13.5. The molecule has 2 heterocycles. The van der Waals surface area contributed by atoms with Crippen molar-refractivity contribution in [3.63, 3.8) is 0 Å². The summed E-state index contributed by atoms with van der Waals surface area (Å²) in [7, 11) is 1.88. The van der Waals surface area contributed by atoms with Gasteiger partial charge in [0.05, 0.1) is 5.69 Å². The maximum absolute atomic E-state index is 4.53. The van der Waals surface area contributed by atoms with E-state index in [4.69, 9.17) is 0 Å². The van der Waals surface area contributed by atoms with E-state index < -0.39 is 0 Å². The number of piperazine rings is 1. The van der Waals surface area contributed by atoms with Crippen molar-refractivity contribution in [3.05, 3.63) is 46.8 Å². The highest BCUT2D eigenvalue weighted by molar-refractivity contribution is 14.0. The van der Waals surface area contributed by atoms with Gasteiger partial charge in [0.25, 0.3) is 0 Å². The molecule has 6 nitrogen and oxygen atoms in total. The number of nitrogens with zero attached hydrogens (tertiary/aromatic N) is 5. The highest BCUT2D eigenvalue weighted by Crippen LogP contribution is 2.23. The number of aliphatic imine (C=N–C) groups is 1. The van der Waals surface area contributed by atoms with Crippen LogP contribution in [0.2, 0.25) is 0 Å². The largest absolute Gasteiger partial charge is 0.368 e. The molecule has 1 aliphatic rings. The van der Waals surface area contributed by atoms with E-state index in [2.05, 4.69) is 74.9 Å². The molecular weight excluding hydrogens is 475 g/mol. The van der Waals surface area contributed by atoms with Gasteiger partial charge in [-0.25, -0.2) is 0 Å². The minimum Gasteiger partial charge on any atom is -0.368 e. The average molecular weight is 510 g/mol. The van der Waals surface area contributed by atoms with Gasteiger partial charge in [0.1, 0.15) is 0 Å². The summed E-state index contributed by atoms with van der Waals surface area (Å²) in [6.45, 7) is 14.4. The molecule has 0 unspecified atom stereocenters. The van der Waals surface area contributed by atoms with Crippen LogP contribution in [0.15, 0.2) is 29.3 Å². The maximum Gasteiger partial charge on any atom is 0.193 e. The van der Waals surface area contributed by atoms with Crippen LogP contribution >= 0.6 is 24.0 Å². The molecule has 29 heavy (non-hydrogen) atoms. The second-order valence-corrected chi connectivity index (χ2v) is 7.67. The smallest absolute Gasteiger partial charge is 0.193 e. The fourth-order valence-corrected chi connectivity index (χ4v) is 3.90. The van der Waals surface area contributed by atoms with Gasteiger partial charge < -0.3 is 15.1 Å². The number of hydrogen-bond acceptors (Lipinski definition) is 3. The molecule has 0 radical (unpaired) electrons. The Morgan fingerprint density at radius 2 is 1.83 bits per heavy atom. The molecule has 1 saturated heterocycles. The number of aryl methyl sites for hydroxylation is 4. The van der Waals surface area contributed by atoms with E-state index in [1.807, 2.05) is 14.0 Å². The quantitative estimate of drug-likeness (QED) is 0.290. The van der Waals surface area contributed by atoms with E-state index in [1.54, 1.807) is 0 Å². The molecule has 1 aromatic carbocycles. The Kier molecular flexibility index (Phi) is 8.79. The zero-order chi connectivity index (χ0) is 20.1. The normalized spacial score (nSPS) is 14.7. The van der Waals surface area contributed by atoms with E-state index in [9.17, 15) is 0 Å². The van der Waals surface area contributed by atoms with Crippen molar-refractivity contribution in [2.75, 3.05) is 44.7 Å². The lowest BCUT2D eigenvalue weighted by Gasteiger charge is -2.38. The van der Waals surface area contributed by atoms with E-state index in [0.29, 0.717) is 0 Å². The molecular formula is C22H35IN6. The molecule has 0 amide bonds. The summed E-state index contributed by atoms with van der Waals surface area (Å²) in [5.74, 6) is 1.01. The number of nitrogens with one attached hydrogen (secondary N) is 1. The topological polar surface area (TPSA) is 48.7 Å². The summed E-state index contributed by atoms with van der Waals surface area (Å²) in [5, 5.41) is 8.06. The fraction of sp³-hybridized carbons (Fsp3) is 0.545. The Bertz CT molecular complexity index is 821. The van der Waals surface area contributed by atoms with Gasteiger partial charge in [0, 0.05) is 57.7 Å². The molecule has 0 saturated carbocycles. The molecule has 0 aliphatic carbocycles. The third-order valence-electron chi connectivity index (χ3n) is 5.64. The second-order valence-electron chi connectivity index (χ2n) is 7.67. The standard InChI is InChI=1S/C22H34N6.HI/c1-17-8-6-9-21(20(17)4)26-12-14-27(15-13-26)22(23-5)24-10-7-11-28-19(3)16-18(2)25-28;/h6,8-9,16H,7,10-15H2,1-5H3,(H,23,24);1H. The van der Waals surface area contributed by atoms with Crippen molar-refractivity contribution in [1.82, 2.24) is 20.0 Å². The highest BCUT2D eigenvalue weighted by atomic mass is 127. The predicted molar refractivity (Wildman–Crippen MR) is 133 cm³/mol. The number of rotatable bonds is 5. The minimum atomic E-state index is 0. The van der Waals surface area contributed by atoms with Gasteiger partial charge in [-0.1, -0.05) is 12.1 Å². The monoisotopic (exact) mass is 510 g/mol. The number of anilines is 1. The molecule has 160 valence electrons. The van der Waals surface area contributed by atoms with Crippen molar-refractivity contribution >= 4 is 35.6 Å². The van der Waals surface area contributed by atoms with Crippen LogP contribution in [-0.2, 0) is 6.54 Å². The first kappa shape index (κ1) is 23.5. The maximum atomic E-state index is 4.53. The van der Waals surface area contributed by atoms with Crippen LogP contribution in [0.4, 0.5) is 5.69 Å². The van der Waals surface area contributed by atoms with E-state index in [0.717, 1.165) is 57.3 Å². The Hall–Kier alpha value is -1.77. The molecule has 0 spiro atoms.